The van der Waals surface area contributed by atoms with E-state index in [1.165, 1.54) is 0 Å². The molecule has 2 aromatic heterocycles. The molecule has 5 heteroatoms. The SMILES string of the molecule is CCc1ccc(C(=O)Cc2c(C)nn(C)c2Cl)o1. The van der Waals surface area contributed by atoms with Crippen LogP contribution in [0.5, 0.6) is 0 Å². The zero-order valence-corrected chi connectivity index (χ0v) is 11.4. The molecular formula is C13H15ClN2O2. The van der Waals surface area contributed by atoms with Crippen LogP contribution in [-0.2, 0) is 19.9 Å². The van der Waals surface area contributed by atoms with Gasteiger partial charge in [0.25, 0.3) is 0 Å². The van der Waals surface area contributed by atoms with E-state index < -0.39 is 0 Å². The van der Waals surface area contributed by atoms with Crippen LogP contribution in [-0.4, -0.2) is 15.6 Å². The summed E-state index contributed by atoms with van der Waals surface area (Å²) in [5.74, 6) is 1.12. The first-order valence-electron chi connectivity index (χ1n) is 5.82. The predicted octanol–water partition coefficient (Wildman–Crippen LogP) is 2.96. The highest BCUT2D eigenvalue weighted by Gasteiger charge is 2.18. The second-order valence-corrected chi connectivity index (χ2v) is 4.56. The van der Waals surface area contributed by atoms with E-state index in [1.807, 2.05) is 19.9 Å². The van der Waals surface area contributed by atoms with E-state index >= 15 is 0 Å². The molecule has 0 spiro atoms. The van der Waals surface area contributed by atoms with Crippen molar-refractivity contribution in [3.8, 4) is 0 Å². The summed E-state index contributed by atoms with van der Waals surface area (Å²) in [5, 5.41) is 4.68. The van der Waals surface area contributed by atoms with Crippen molar-refractivity contribution in [2.24, 2.45) is 7.05 Å². The topological polar surface area (TPSA) is 48.0 Å². The van der Waals surface area contributed by atoms with Gasteiger partial charge in [-0.25, -0.2) is 0 Å². The zero-order chi connectivity index (χ0) is 13.3. The molecule has 0 unspecified atom stereocenters. The quantitative estimate of drug-likeness (QED) is 0.800. The molecule has 0 saturated carbocycles. The van der Waals surface area contributed by atoms with Gasteiger partial charge in [0.15, 0.2) is 5.76 Å². The van der Waals surface area contributed by atoms with Crippen molar-refractivity contribution < 1.29 is 9.21 Å². The first-order valence-corrected chi connectivity index (χ1v) is 6.20. The number of halogens is 1. The molecule has 2 heterocycles. The number of aryl methyl sites for hydroxylation is 3. The summed E-state index contributed by atoms with van der Waals surface area (Å²) in [7, 11) is 1.76. The summed E-state index contributed by atoms with van der Waals surface area (Å²) in [6, 6.07) is 3.53. The Hall–Kier alpha value is -1.55. The molecule has 0 aliphatic carbocycles. The lowest BCUT2D eigenvalue weighted by Gasteiger charge is -1.98. The summed E-state index contributed by atoms with van der Waals surface area (Å²) in [6.45, 7) is 3.82. The minimum Gasteiger partial charge on any atom is -0.458 e. The van der Waals surface area contributed by atoms with Gasteiger partial charge in [-0.2, -0.15) is 5.10 Å². The maximum absolute atomic E-state index is 12.1. The molecule has 0 bridgehead atoms. The molecule has 0 saturated heterocycles. The molecule has 0 fully saturated rings. The zero-order valence-electron chi connectivity index (χ0n) is 10.7. The van der Waals surface area contributed by atoms with E-state index in [1.54, 1.807) is 17.8 Å². The Labute approximate surface area is 111 Å². The van der Waals surface area contributed by atoms with Gasteiger partial charge in [-0.15, -0.1) is 0 Å². The third-order valence-electron chi connectivity index (χ3n) is 2.89. The molecule has 4 nitrogen and oxygen atoms in total. The number of rotatable bonds is 4. The molecular weight excluding hydrogens is 252 g/mol. The van der Waals surface area contributed by atoms with Gasteiger partial charge >= 0.3 is 0 Å². The van der Waals surface area contributed by atoms with Gasteiger partial charge in [-0.3, -0.25) is 9.48 Å². The lowest BCUT2D eigenvalue weighted by Crippen LogP contribution is -2.03. The van der Waals surface area contributed by atoms with Crippen LogP contribution in [0.3, 0.4) is 0 Å². The Kier molecular flexibility index (Phi) is 3.57. The van der Waals surface area contributed by atoms with Crippen LogP contribution in [0, 0.1) is 6.92 Å². The number of furan rings is 1. The average molecular weight is 267 g/mol. The van der Waals surface area contributed by atoms with E-state index in [2.05, 4.69) is 5.10 Å². The Morgan fingerprint density at radius 3 is 2.72 bits per heavy atom. The highest BCUT2D eigenvalue weighted by Crippen LogP contribution is 2.21. The Bertz CT molecular complexity index is 584. The van der Waals surface area contributed by atoms with Crippen molar-refractivity contribution >= 4 is 17.4 Å². The van der Waals surface area contributed by atoms with Crippen molar-refractivity contribution in [3.05, 3.63) is 40.1 Å². The van der Waals surface area contributed by atoms with E-state index in [0.717, 1.165) is 23.4 Å². The van der Waals surface area contributed by atoms with Gasteiger partial charge in [0.2, 0.25) is 5.78 Å². The number of ketones is 1. The normalized spacial score (nSPS) is 10.9. The fourth-order valence-corrected chi connectivity index (χ4v) is 2.08. The number of nitrogens with zero attached hydrogens (tertiary/aromatic N) is 2. The molecule has 2 aromatic rings. The van der Waals surface area contributed by atoms with Crippen molar-refractivity contribution in [2.45, 2.75) is 26.7 Å². The van der Waals surface area contributed by atoms with Crippen molar-refractivity contribution in [3.63, 3.8) is 0 Å². The molecule has 0 amide bonds. The first-order chi connectivity index (χ1) is 8.52. The van der Waals surface area contributed by atoms with Crippen molar-refractivity contribution in [2.75, 3.05) is 0 Å². The van der Waals surface area contributed by atoms with E-state index in [-0.39, 0.29) is 12.2 Å². The number of Topliss-reactive ketones (excluding diaryl/α,β-unsaturated/α-hetero) is 1. The van der Waals surface area contributed by atoms with Crippen LogP contribution < -0.4 is 0 Å². The smallest absolute Gasteiger partial charge is 0.202 e. The molecule has 0 aromatic carbocycles. The summed E-state index contributed by atoms with van der Waals surface area (Å²) in [4.78, 5) is 12.1. The lowest BCUT2D eigenvalue weighted by atomic mass is 10.1. The third-order valence-corrected chi connectivity index (χ3v) is 3.36. The van der Waals surface area contributed by atoms with Crippen molar-refractivity contribution in [1.82, 2.24) is 9.78 Å². The second-order valence-electron chi connectivity index (χ2n) is 4.20. The minimum absolute atomic E-state index is 0.0762. The van der Waals surface area contributed by atoms with Crippen LogP contribution in [0.15, 0.2) is 16.5 Å². The standard InChI is InChI=1S/C13H15ClN2O2/c1-4-9-5-6-12(18-9)11(17)7-10-8(2)15-16(3)13(10)14/h5-6H,4,7H2,1-3H3. The average Bonchev–Trinajstić information content (AvgIpc) is 2.90. The van der Waals surface area contributed by atoms with E-state index in [9.17, 15) is 4.79 Å². The van der Waals surface area contributed by atoms with Crippen LogP contribution in [0.25, 0.3) is 0 Å². The van der Waals surface area contributed by atoms with Gasteiger partial charge < -0.3 is 4.42 Å². The summed E-state index contributed by atoms with van der Waals surface area (Å²) >= 11 is 6.10. The summed E-state index contributed by atoms with van der Waals surface area (Å²) in [5.41, 5.74) is 1.54. The van der Waals surface area contributed by atoms with Crippen LogP contribution in [0.4, 0.5) is 0 Å². The highest BCUT2D eigenvalue weighted by atomic mass is 35.5. The largest absolute Gasteiger partial charge is 0.458 e. The summed E-state index contributed by atoms with van der Waals surface area (Å²) < 4.78 is 7.00. The Morgan fingerprint density at radius 1 is 1.50 bits per heavy atom. The van der Waals surface area contributed by atoms with Crippen LogP contribution in [0.1, 0.15) is 34.5 Å². The van der Waals surface area contributed by atoms with Crippen LogP contribution in [0.2, 0.25) is 5.15 Å². The third kappa shape index (κ3) is 2.34. The van der Waals surface area contributed by atoms with Gasteiger partial charge in [-0.1, -0.05) is 18.5 Å². The second kappa shape index (κ2) is 4.98. The Morgan fingerprint density at radius 2 is 2.22 bits per heavy atom. The maximum Gasteiger partial charge on any atom is 0.202 e. The van der Waals surface area contributed by atoms with Crippen LogP contribution >= 0.6 is 11.6 Å². The first kappa shape index (κ1) is 12.9. The fraction of sp³-hybridized carbons (Fsp3) is 0.385. The summed E-state index contributed by atoms with van der Waals surface area (Å²) in [6.07, 6.45) is 0.995. The number of carbonyl (C=O) groups excluding carboxylic acids is 1. The molecule has 96 valence electrons. The molecule has 2 rings (SSSR count). The lowest BCUT2D eigenvalue weighted by molar-refractivity contribution is 0.0964. The fourth-order valence-electron chi connectivity index (χ4n) is 1.84. The van der Waals surface area contributed by atoms with E-state index in [4.69, 9.17) is 16.0 Å². The van der Waals surface area contributed by atoms with E-state index in [0.29, 0.717) is 10.9 Å². The Balaban J connectivity index is 2.21. The number of hydrogen-bond acceptors (Lipinski definition) is 3. The monoisotopic (exact) mass is 266 g/mol. The van der Waals surface area contributed by atoms with Gasteiger partial charge in [0, 0.05) is 25.5 Å². The predicted molar refractivity (Wildman–Crippen MR) is 69.1 cm³/mol. The number of hydrogen-bond donors (Lipinski definition) is 0. The highest BCUT2D eigenvalue weighted by molar-refractivity contribution is 6.30. The van der Waals surface area contributed by atoms with Gasteiger partial charge in [-0.05, 0) is 19.1 Å². The molecule has 0 aliphatic heterocycles. The number of aromatic nitrogens is 2. The van der Waals surface area contributed by atoms with Gasteiger partial charge in [0.05, 0.1) is 5.69 Å². The molecule has 18 heavy (non-hydrogen) atoms. The minimum atomic E-state index is -0.0762. The maximum atomic E-state index is 12.1. The molecule has 0 atom stereocenters. The molecule has 0 N–H and O–H groups in total. The number of carbonyl (C=O) groups is 1. The van der Waals surface area contributed by atoms with Gasteiger partial charge in [0.1, 0.15) is 10.9 Å². The molecule has 0 aliphatic rings. The van der Waals surface area contributed by atoms with Crippen molar-refractivity contribution in [1.29, 1.82) is 0 Å². The molecule has 0 radical (unpaired) electrons.